The van der Waals surface area contributed by atoms with Gasteiger partial charge in [0.05, 0.1) is 0 Å². The van der Waals surface area contributed by atoms with Crippen LogP contribution < -0.4 is 0 Å². The summed E-state index contributed by atoms with van der Waals surface area (Å²) in [6.07, 6.45) is 9.42. The normalized spacial score (nSPS) is 10.9. The highest BCUT2D eigenvalue weighted by Gasteiger charge is 2.00. The highest BCUT2D eigenvalue weighted by Crippen LogP contribution is 2.15. The highest BCUT2D eigenvalue weighted by molar-refractivity contribution is 5.55. The maximum Gasteiger partial charge on any atom is 0.0481 e. The Morgan fingerprint density at radius 1 is 1.07 bits per heavy atom. The van der Waals surface area contributed by atoms with Crippen LogP contribution in [0.25, 0.3) is 5.52 Å². The molecular weight excluding hydrogens is 170 g/mol. The van der Waals surface area contributed by atoms with Crippen LogP contribution in [0.1, 0.15) is 31.7 Å². The monoisotopic (exact) mass is 187 g/mol. The average molecular weight is 187 g/mol. The van der Waals surface area contributed by atoms with E-state index in [9.17, 15) is 0 Å². The zero-order chi connectivity index (χ0) is 9.80. The van der Waals surface area contributed by atoms with Crippen molar-refractivity contribution in [3.05, 3.63) is 42.2 Å². The van der Waals surface area contributed by atoms with E-state index in [0.29, 0.717) is 0 Å². The molecule has 0 amide bonds. The van der Waals surface area contributed by atoms with E-state index in [4.69, 9.17) is 0 Å². The van der Waals surface area contributed by atoms with E-state index in [1.54, 1.807) is 0 Å². The van der Waals surface area contributed by atoms with Gasteiger partial charge in [0.15, 0.2) is 0 Å². The largest absolute Gasteiger partial charge is 0.324 e. The van der Waals surface area contributed by atoms with Crippen LogP contribution in [0.3, 0.4) is 0 Å². The molecule has 2 aromatic heterocycles. The van der Waals surface area contributed by atoms with Crippen LogP contribution in [0.5, 0.6) is 0 Å². The topological polar surface area (TPSA) is 4.41 Å². The summed E-state index contributed by atoms with van der Waals surface area (Å²) in [7, 11) is 0. The third kappa shape index (κ3) is 1.82. The molecule has 0 bridgehead atoms. The second-order valence-corrected chi connectivity index (χ2v) is 3.79. The molecule has 0 saturated heterocycles. The van der Waals surface area contributed by atoms with Gasteiger partial charge < -0.3 is 4.40 Å². The number of rotatable bonds is 4. The van der Waals surface area contributed by atoms with E-state index in [2.05, 4.69) is 48.0 Å². The number of unbranched alkanes of at least 4 members (excludes halogenated alkanes) is 2. The van der Waals surface area contributed by atoms with Gasteiger partial charge in [-0.05, 0) is 36.6 Å². The fourth-order valence-corrected chi connectivity index (χ4v) is 1.89. The summed E-state index contributed by atoms with van der Waals surface area (Å²) >= 11 is 0. The molecule has 0 saturated carbocycles. The lowest BCUT2D eigenvalue weighted by molar-refractivity contribution is 0.720. The lowest BCUT2D eigenvalue weighted by atomic mass is 10.1. The maximum atomic E-state index is 2.25. The van der Waals surface area contributed by atoms with Gasteiger partial charge in [0.1, 0.15) is 0 Å². The lowest BCUT2D eigenvalue weighted by Crippen LogP contribution is -1.85. The summed E-state index contributed by atoms with van der Waals surface area (Å²) in [5.41, 5.74) is 2.85. The lowest BCUT2D eigenvalue weighted by Gasteiger charge is -1.99. The van der Waals surface area contributed by atoms with Crippen molar-refractivity contribution in [1.29, 1.82) is 0 Å². The predicted molar refractivity (Wildman–Crippen MR) is 60.6 cm³/mol. The SMILES string of the molecule is CCCCCc1ccn2ccccc12. The molecule has 0 aliphatic heterocycles. The van der Waals surface area contributed by atoms with Crippen molar-refractivity contribution >= 4 is 5.52 Å². The molecule has 0 aliphatic rings. The molecule has 14 heavy (non-hydrogen) atoms. The first-order chi connectivity index (χ1) is 6.92. The van der Waals surface area contributed by atoms with Crippen LogP contribution in [0.2, 0.25) is 0 Å². The molecule has 0 unspecified atom stereocenters. The van der Waals surface area contributed by atoms with Gasteiger partial charge in [-0.2, -0.15) is 0 Å². The minimum Gasteiger partial charge on any atom is -0.324 e. The third-order valence-electron chi connectivity index (χ3n) is 2.71. The number of fused-ring (bicyclic) bond motifs is 1. The molecule has 0 spiro atoms. The highest BCUT2D eigenvalue weighted by atomic mass is 14.8. The first-order valence-electron chi connectivity index (χ1n) is 5.46. The Balaban J connectivity index is 2.17. The minimum atomic E-state index is 1.22. The second kappa shape index (κ2) is 4.32. The van der Waals surface area contributed by atoms with Crippen LogP contribution in [0.4, 0.5) is 0 Å². The molecule has 0 aromatic carbocycles. The fourth-order valence-electron chi connectivity index (χ4n) is 1.89. The van der Waals surface area contributed by atoms with E-state index in [1.807, 2.05) is 0 Å². The van der Waals surface area contributed by atoms with E-state index in [0.717, 1.165) is 0 Å². The van der Waals surface area contributed by atoms with Gasteiger partial charge in [0.25, 0.3) is 0 Å². The van der Waals surface area contributed by atoms with Gasteiger partial charge in [0, 0.05) is 17.9 Å². The Morgan fingerprint density at radius 3 is 2.86 bits per heavy atom. The van der Waals surface area contributed by atoms with Crippen LogP contribution >= 0.6 is 0 Å². The molecule has 1 nitrogen and oxygen atoms in total. The Morgan fingerprint density at radius 2 is 2.00 bits per heavy atom. The minimum absolute atomic E-state index is 1.22. The van der Waals surface area contributed by atoms with E-state index >= 15 is 0 Å². The smallest absolute Gasteiger partial charge is 0.0481 e. The van der Waals surface area contributed by atoms with Crippen molar-refractivity contribution in [2.45, 2.75) is 32.6 Å². The van der Waals surface area contributed by atoms with Gasteiger partial charge in [-0.15, -0.1) is 0 Å². The quantitative estimate of drug-likeness (QED) is 0.643. The van der Waals surface area contributed by atoms with E-state index in [1.165, 1.54) is 36.8 Å². The van der Waals surface area contributed by atoms with Gasteiger partial charge in [-0.1, -0.05) is 25.8 Å². The molecule has 2 aromatic rings. The molecule has 0 fully saturated rings. The summed E-state index contributed by atoms with van der Waals surface area (Å²) in [6, 6.07) is 8.62. The van der Waals surface area contributed by atoms with Crippen LogP contribution in [-0.4, -0.2) is 4.40 Å². The molecule has 0 atom stereocenters. The fraction of sp³-hybridized carbons (Fsp3) is 0.385. The predicted octanol–water partition coefficient (Wildman–Crippen LogP) is 3.67. The molecular formula is C13H17N. The van der Waals surface area contributed by atoms with Gasteiger partial charge in [0.2, 0.25) is 0 Å². The zero-order valence-electron chi connectivity index (χ0n) is 8.74. The van der Waals surface area contributed by atoms with Crippen molar-refractivity contribution in [3.63, 3.8) is 0 Å². The summed E-state index contributed by atoms with van der Waals surface area (Å²) in [5.74, 6) is 0. The molecule has 2 rings (SSSR count). The first kappa shape index (κ1) is 9.32. The summed E-state index contributed by atoms with van der Waals surface area (Å²) in [4.78, 5) is 0. The van der Waals surface area contributed by atoms with Crippen molar-refractivity contribution in [2.75, 3.05) is 0 Å². The maximum absolute atomic E-state index is 2.25. The number of aryl methyl sites for hydroxylation is 1. The number of nitrogens with zero attached hydrogens (tertiary/aromatic N) is 1. The van der Waals surface area contributed by atoms with Crippen LogP contribution in [0.15, 0.2) is 36.7 Å². The molecule has 0 radical (unpaired) electrons. The van der Waals surface area contributed by atoms with Crippen LogP contribution in [-0.2, 0) is 6.42 Å². The zero-order valence-corrected chi connectivity index (χ0v) is 8.74. The number of hydrogen-bond acceptors (Lipinski definition) is 0. The third-order valence-corrected chi connectivity index (χ3v) is 2.71. The van der Waals surface area contributed by atoms with Crippen LogP contribution in [0, 0.1) is 0 Å². The van der Waals surface area contributed by atoms with Gasteiger partial charge >= 0.3 is 0 Å². The Labute approximate surface area is 85.4 Å². The van der Waals surface area contributed by atoms with E-state index < -0.39 is 0 Å². The van der Waals surface area contributed by atoms with E-state index in [-0.39, 0.29) is 0 Å². The van der Waals surface area contributed by atoms with Gasteiger partial charge in [-0.25, -0.2) is 0 Å². The summed E-state index contributed by atoms with van der Waals surface area (Å²) < 4.78 is 2.20. The molecule has 74 valence electrons. The first-order valence-corrected chi connectivity index (χ1v) is 5.46. The van der Waals surface area contributed by atoms with Crippen molar-refractivity contribution in [2.24, 2.45) is 0 Å². The standard InChI is InChI=1S/C13H17N/c1-2-3-4-7-12-9-11-14-10-6-5-8-13(12)14/h5-6,8-11H,2-4,7H2,1H3. The average Bonchev–Trinajstić information content (AvgIpc) is 2.63. The second-order valence-electron chi connectivity index (χ2n) is 3.79. The van der Waals surface area contributed by atoms with Crippen molar-refractivity contribution < 1.29 is 0 Å². The molecule has 2 heterocycles. The molecule has 0 N–H and O–H groups in total. The Kier molecular flexibility index (Phi) is 2.87. The summed E-state index contributed by atoms with van der Waals surface area (Å²) in [5, 5.41) is 0. The number of hydrogen-bond donors (Lipinski definition) is 0. The van der Waals surface area contributed by atoms with Crippen molar-refractivity contribution in [3.8, 4) is 0 Å². The van der Waals surface area contributed by atoms with Crippen molar-refractivity contribution in [1.82, 2.24) is 4.40 Å². The summed E-state index contributed by atoms with van der Waals surface area (Å²) in [6.45, 7) is 2.25. The number of pyridine rings is 1. The Hall–Kier alpha value is -1.24. The Bertz CT molecular complexity index is 400. The van der Waals surface area contributed by atoms with Gasteiger partial charge in [-0.3, -0.25) is 0 Å². The molecule has 0 aliphatic carbocycles. The number of aromatic nitrogens is 1. The molecule has 1 heteroatoms.